The number of nitrogens with one attached hydrogen (secondary N) is 2. The van der Waals surface area contributed by atoms with Gasteiger partial charge in [0.1, 0.15) is 5.82 Å². The molecule has 4 rings (SSSR count). The number of morpholine rings is 2. The maximum atomic E-state index is 5.46. The Hall–Kier alpha value is -2.00. The number of hydrogen-bond donors (Lipinski definition) is 2. The molecule has 2 aliphatic heterocycles. The van der Waals surface area contributed by atoms with Crippen molar-refractivity contribution < 1.29 is 9.47 Å². The molecule has 0 amide bonds. The van der Waals surface area contributed by atoms with E-state index in [0.29, 0.717) is 5.95 Å². The van der Waals surface area contributed by atoms with E-state index in [1.54, 1.807) is 0 Å². The Labute approximate surface area is 178 Å². The van der Waals surface area contributed by atoms with E-state index in [2.05, 4.69) is 40.3 Å². The van der Waals surface area contributed by atoms with Gasteiger partial charge in [0, 0.05) is 56.7 Å². The number of nitrogens with zero attached hydrogens (tertiary/aromatic N) is 4. The average Bonchev–Trinajstić information content (AvgIpc) is 2.75. The third-order valence-electron chi connectivity index (χ3n) is 5.63. The molecule has 2 atom stereocenters. The molecule has 3 heterocycles. The van der Waals surface area contributed by atoms with Gasteiger partial charge in [-0.25, -0.2) is 4.98 Å². The molecule has 164 valence electrons. The van der Waals surface area contributed by atoms with Crippen molar-refractivity contribution in [2.24, 2.45) is 0 Å². The lowest BCUT2D eigenvalue weighted by Crippen LogP contribution is -2.42. The largest absolute Gasteiger partial charge is 0.379 e. The molecule has 30 heavy (non-hydrogen) atoms. The molecular formula is C22H34N6O2. The normalized spacial score (nSPS) is 20.7. The number of rotatable bonds is 8. The number of fused-ring (bicyclic) bond motifs is 1. The number of aromatic nitrogens is 2. The minimum absolute atomic E-state index is 0.253. The number of ether oxygens (including phenoxy) is 2. The second-order valence-corrected chi connectivity index (χ2v) is 8.33. The van der Waals surface area contributed by atoms with Crippen molar-refractivity contribution in [3.63, 3.8) is 0 Å². The molecule has 8 nitrogen and oxygen atoms in total. The van der Waals surface area contributed by atoms with Crippen molar-refractivity contribution >= 4 is 22.7 Å². The molecule has 0 radical (unpaired) electrons. The molecule has 2 aliphatic rings. The highest BCUT2D eigenvalue weighted by Gasteiger charge is 2.17. The lowest BCUT2D eigenvalue weighted by molar-refractivity contribution is 0.0367. The van der Waals surface area contributed by atoms with Crippen molar-refractivity contribution in [1.29, 1.82) is 0 Å². The van der Waals surface area contributed by atoms with Crippen molar-refractivity contribution in [3.05, 3.63) is 24.3 Å². The summed E-state index contributed by atoms with van der Waals surface area (Å²) in [4.78, 5) is 14.5. The molecule has 2 unspecified atom stereocenters. The lowest BCUT2D eigenvalue weighted by Gasteiger charge is -2.30. The van der Waals surface area contributed by atoms with E-state index in [1.807, 2.05) is 18.2 Å². The van der Waals surface area contributed by atoms with Gasteiger partial charge in [-0.2, -0.15) is 4.98 Å². The highest BCUT2D eigenvalue weighted by Crippen LogP contribution is 2.23. The number of hydrogen-bond acceptors (Lipinski definition) is 8. The Kier molecular flexibility index (Phi) is 7.33. The van der Waals surface area contributed by atoms with Gasteiger partial charge in [0.25, 0.3) is 0 Å². The van der Waals surface area contributed by atoms with Crippen LogP contribution >= 0.6 is 0 Å². The van der Waals surface area contributed by atoms with Crippen LogP contribution in [-0.2, 0) is 9.47 Å². The van der Waals surface area contributed by atoms with Crippen LogP contribution in [0.25, 0.3) is 10.9 Å². The first-order valence-electron chi connectivity index (χ1n) is 11.1. The lowest BCUT2D eigenvalue weighted by atomic mass is 10.2. The minimum Gasteiger partial charge on any atom is -0.379 e. The molecule has 0 spiro atoms. The first kappa shape index (κ1) is 21.2. The highest BCUT2D eigenvalue weighted by molar-refractivity contribution is 5.90. The molecule has 1 aromatic heterocycles. The number of anilines is 2. The summed E-state index contributed by atoms with van der Waals surface area (Å²) in [5, 5.41) is 8.18. The summed E-state index contributed by atoms with van der Waals surface area (Å²) in [7, 11) is 0. The topological polar surface area (TPSA) is 74.8 Å². The fourth-order valence-corrected chi connectivity index (χ4v) is 4.14. The molecule has 2 N–H and O–H groups in total. The minimum atomic E-state index is 0.253. The number of benzene rings is 1. The predicted octanol–water partition coefficient (Wildman–Crippen LogP) is 1.90. The summed E-state index contributed by atoms with van der Waals surface area (Å²) < 4.78 is 10.9. The fraction of sp³-hybridized carbons (Fsp3) is 0.636. The zero-order chi connectivity index (χ0) is 20.8. The van der Waals surface area contributed by atoms with Gasteiger partial charge in [0.05, 0.1) is 31.9 Å². The predicted molar refractivity (Wildman–Crippen MR) is 120 cm³/mol. The van der Waals surface area contributed by atoms with E-state index in [0.717, 1.165) is 82.4 Å². The number of para-hydroxylation sites is 1. The van der Waals surface area contributed by atoms with E-state index in [-0.39, 0.29) is 12.1 Å². The zero-order valence-corrected chi connectivity index (χ0v) is 18.1. The van der Waals surface area contributed by atoms with Crippen LogP contribution in [0.2, 0.25) is 0 Å². The zero-order valence-electron chi connectivity index (χ0n) is 18.1. The summed E-state index contributed by atoms with van der Waals surface area (Å²) >= 11 is 0. The Morgan fingerprint density at radius 3 is 2.03 bits per heavy atom. The van der Waals surface area contributed by atoms with Crippen LogP contribution < -0.4 is 10.6 Å². The highest BCUT2D eigenvalue weighted by atomic mass is 16.5. The molecule has 1 aromatic carbocycles. The van der Waals surface area contributed by atoms with Crippen LogP contribution in [0.4, 0.5) is 11.8 Å². The monoisotopic (exact) mass is 414 g/mol. The van der Waals surface area contributed by atoms with E-state index >= 15 is 0 Å². The summed E-state index contributed by atoms with van der Waals surface area (Å²) in [6.07, 6.45) is 0. The van der Waals surface area contributed by atoms with Gasteiger partial charge in [-0.15, -0.1) is 0 Å². The molecule has 2 fully saturated rings. The summed E-state index contributed by atoms with van der Waals surface area (Å²) in [6, 6.07) is 8.73. The molecule has 2 saturated heterocycles. The Balaban J connectivity index is 1.44. The van der Waals surface area contributed by atoms with Gasteiger partial charge >= 0.3 is 0 Å². The first-order valence-corrected chi connectivity index (χ1v) is 11.1. The van der Waals surface area contributed by atoms with Gasteiger partial charge in [-0.05, 0) is 26.0 Å². The van der Waals surface area contributed by atoms with E-state index in [4.69, 9.17) is 19.4 Å². The molecule has 0 saturated carbocycles. The third kappa shape index (κ3) is 5.78. The summed E-state index contributed by atoms with van der Waals surface area (Å²) in [5.74, 6) is 1.57. The standard InChI is InChI=1S/C22H34N6O2/c1-17(15-27-7-11-29-12-8-27)23-21-19-5-3-4-6-20(19)25-22(26-21)24-18(2)16-28-9-13-30-14-10-28/h3-6,17-18H,7-16H2,1-2H3,(H2,23,24,25,26). The van der Waals surface area contributed by atoms with Crippen LogP contribution in [0.1, 0.15) is 13.8 Å². The fourth-order valence-electron chi connectivity index (χ4n) is 4.14. The van der Waals surface area contributed by atoms with Gasteiger partial charge in [0.2, 0.25) is 5.95 Å². The Morgan fingerprint density at radius 1 is 0.833 bits per heavy atom. The van der Waals surface area contributed by atoms with Gasteiger partial charge in [-0.1, -0.05) is 12.1 Å². The molecule has 8 heteroatoms. The summed E-state index contributed by atoms with van der Waals surface area (Å²) in [6.45, 7) is 13.5. The third-order valence-corrected chi connectivity index (χ3v) is 5.63. The second kappa shape index (κ2) is 10.3. The van der Waals surface area contributed by atoms with Crippen molar-refractivity contribution in [3.8, 4) is 0 Å². The van der Waals surface area contributed by atoms with Gasteiger partial charge < -0.3 is 20.1 Å². The van der Waals surface area contributed by atoms with Gasteiger partial charge in [-0.3, -0.25) is 9.80 Å². The maximum Gasteiger partial charge on any atom is 0.225 e. The molecular weight excluding hydrogens is 380 g/mol. The van der Waals surface area contributed by atoms with Crippen molar-refractivity contribution in [2.45, 2.75) is 25.9 Å². The van der Waals surface area contributed by atoms with Crippen LogP contribution in [0.3, 0.4) is 0 Å². The van der Waals surface area contributed by atoms with Crippen molar-refractivity contribution in [2.75, 3.05) is 76.3 Å². The van der Waals surface area contributed by atoms with E-state index in [9.17, 15) is 0 Å². The SMILES string of the molecule is CC(CN1CCOCC1)Nc1nc(NC(C)CN2CCOCC2)c2ccccc2n1. The van der Waals surface area contributed by atoms with Gasteiger partial charge in [0.15, 0.2) is 0 Å². The maximum absolute atomic E-state index is 5.46. The van der Waals surface area contributed by atoms with Crippen molar-refractivity contribution in [1.82, 2.24) is 19.8 Å². The molecule has 0 aliphatic carbocycles. The Bertz CT molecular complexity index is 807. The first-order chi connectivity index (χ1) is 14.7. The van der Waals surface area contributed by atoms with Crippen LogP contribution in [-0.4, -0.2) is 97.5 Å². The van der Waals surface area contributed by atoms with Crippen LogP contribution in [0.15, 0.2) is 24.3 Å². The van der Waals surface area contributed by atoms with Crippen LogP contribution in [0.5, 0.6) is 0 Å². The molecule has 2 aromatic rings. The second-order valence-electron chi connectivity index (χ2n) is 8.33. The van der Waals surface area contributed by atoms with E-state index < -0.39 is 0 Å². The quantitative estimate of drug-likeness (QED) is 0.678. The summed E-state index contributed by atoms with van der Waals surface area (Å²) in [5.41, 5.74) is 0.953. The van der Waals surface area contributed by atoms with Crippen LogP contribution in [0, 0.1) is 0 Å². The Morgan fingerprint density at radius 2 is 1.40 bits per heavy atom. The molecule has 0 bridgehead atoms. The van der Waals surface area contributed by atoms with E-state index in [1.165, 1.54) is 0 Å². The average molecular weight is 415 g/mol. The smallest absolute Gasteiger partial charge is 0.225 e.